The molecule has 0 fully saturated rings. The SMILES string of the molecule is N#C[C@@H]1C=C[C@H](O)[C@@H](CO)O1. The van der Waals surface area contributed by atoms with Crippen molar-refractivity contribution in [2.24, 2.45) is 0 Å². The highest BCUT2D eigenvalue weighted by molar-refractivity contribution is 5.09. The van der Waals surface area contributed by atoms with Crippen LogP contribution < -0.4 is 0 Å². The van der Waals surface area contributed by atoms with Crippen molar-refractivity contribution in [1.29, 1.82) is 5.26 Å². The molecule has 4 nitrogen and oxygen atoms in total. The molecule has 0 aromatic rings. The topological polar surface area (TPSA) is 73.5 Å². The van der Waals surface area contributed by atoms with Crippen LogP contribution in [0.15, 0.2) is 12.2 Å². The van der Waals surface area contributed by atoms with Gasteiger partial charge in [0.1, 0.15) is 12.2 Å². The second-order valence-electron chi connectivity index (χ2n) is 2.28. The fraction of sp³-hybridized carbons (Fsp3) is 0.571. The Kier molecular flexibility index (Phi) is 2.60. The van der Waals surface area contributed by atoms with E-state index in [0.29, 0.717) is 0 Å². The van der Waals surface area contributed by atoms with Gasteiger partial charge in [-0.25, -0.2) is 0 Å². The molecule has 3 atom stereocenters. The van der Waals surface area contributed by atoms with Crippen LogP contribution in [0.1, 0.15) is 0 Å². The zero-order valence-corrected chi connectivity index (χ0v) is 5.84. The molecule has 1 heterocycles. The van der Waals surface area contributed by atoms with Gasteiger partial charge in [0.15, 0.2) is 6.10 Å². The van der Waals surface area contributed by atoms with Crippen LogP contribution in [0, 0.1) is 11.3 Å². The second-order valence-corrected chi connectivity index (χ2v) is 2.28. The summed E-state index contributed by atoms with van der Waals surface area (Å²) in [6.07, 6.45) is 0.819. The lowest BCUT2D eigenvalue weighted by atomic mass is 10.1. The number of aliphatic hydroxyl groups excluding tert-OH is 2. The molecule has 0 aromatic carbocycles. The smallest absolute Gasteiger partial charge is 0.162 e. The predicted molar refractivity (Wildman–Crippen MR) is 36.5 cm³/mol. The summed E-state index contributed by atoms with van der Waals surface area (Å²) in [6.45, 7) is -0.274. The van der Waals surface area contributed by atoms with E-state index in [-0.39, 0.29) is 6.61 Å². The van der Waals surface area contributed by atoms with E-state index < -0.39 is 18.3 Å². The van der Waals surface area contributed by atoms with E-state index in [0.717, 1.165) is 0 Å². The molecule has 4 heteroatoms. The van der Waals surface area contributed by atoms with Crippen molar-refractivity contribution < 1.29 is 14.9 Å². The number of hydrogen-bond acceptors (Lipinski definition) is 4. The van der Waals surface area contributed by atoms with E-state index >= 15 is 0 Å². The molecule has 2 N–H and O–H groups in total. The zero-order chi connectivity index (χ0) is 8.27. The van der Waals surface area contributed by atoms with Gasteiger partial charge in [-0.05, 0) is 6.08 Å². The molecule has 11 heavy (non-hydrogen) atoms. The van der Waals surface area contributed by atoms with Crippen LogP contribution in [-0.4, -0.2) is 35.1 Å². The summed E-state index contributed by atoms with van der Waals surface area (Å²) in [6, 6.07) is 1.86. The van der Waals surface area contributed by atoms with Crippen LogP contribution in [0.3, 0.4) is 0 Å². The summed E-state index contributed by atoms with van der Waals surface area (Å²) < 4.78 is 4.95. The van der Waals surface area contributed by atoms with Crippen LogP contribution in [0.5, 0.6) is 0 Å². The summed E-state index contributed by atoms with van der Waals surface area (Å²) in [5.74, 6) is 0. The molecule has 1 aliphatic heterocycles. The standard InChI is InChI=1S/C7H9NO3/c8-3-5-1-2-6(10)7(4-9)11-5/h1-2,5-7,9-10H,4H2/t5-,6-,7+/m0/s1. The molecule has 0 unspecified atom stereocenters. The van der Waals surface area contributed by atoms with Gasteiger partial charge in [-0.3, -0.25) is 0 Å². The molecule has 1 aliphatic rings. The fourth-order valence-corrected chi connectivity index (χ4v) is 0.877. The number of nitriles is 1. The Labute approximate surface area is 64.3 Å². The van der Waals surface area contributed by atoms with E-state index in [1.165, 1.54) is 12.2 Å². The van der Waals surface area contributed by atoms with Crippen molar-refractivity contribution in [3.63, 3.8) is 0 Å². The van der Waals surface area contributed by atoms with Crippen molar-refractivity contribution >= 4 is 0 Å². The van der Waals surface area contributed by atoms with Gasteiger partial charge in [-0.2, -0.15) is 5.26 Å². The lowest BCUT2D eigenvalue weighted by Gasteiger charge is -2.24. The molecule has 0 saturated carbocycles. The highest BCUT2D eigenvalue weighted by Crippen LogP contribution is 2.11. The normalized spacial score (nSPS) is 36.6. The average molecular weight is 155 g/mol. The molecular weight excluding hydrogens is 146 g/mol. The first-order valence-corrected chi connectivity index (χ1v) is 3.30. The first kappa shape index (κ1) is 8.21. The van der Waals surface area contributed by atoms with Crippen LogP contribution >= 0.6 is 0 Å². The molecule has 0 radical (unpaired) electrons. The van der Waals surface area contributed by atoms with E-state index in [9.17, 15) is 0 Å². The zero-order valence-electron chi connectivity index (χ0n) is 5.84. The maximum absolute atomic E-state index is 9.10. The van der Waals surface area contributed by atoms with E-state index in [1.54, 1.807) is 0 Å². The number of ether oxygens (including phenoxy) is 1. The van der Waals surface area contributed by atoms with Crippen molar-refractivity contribution in [1.82, 2.24) is 0 Å². The molecule has 0 spiro atoms. The Morgan fingerprint density at radius 1 is 1.55 bits per heavy atom. The van der Waals surface area contributed by atoms with Crippen molar-refractivity contribution in [3.05, 3.63) is 12.2 Å². The molecule has 0 aliphatic carbocycles. The third-order valence-corrected chi connectivity index (χ3v) is 1.49. The Balaban J connectivity index is 2.61. The minimum atomic E-state index is -0.801. The predicted octanol–water partition coefficient (Wildman–Crippen LogP) is -0.813. The largest absolute Gasteiger partial charge is 0.394 e. The summed E-state index contributed by atoms with van der Waals surface area (Å²) in [5.41, 5.74) is 0. The van der Waals surface area contributed by atoms with Crippen LogP contribution in [0.25, 0.3) is 0 Å². The minimum Gasteiger partial charge on any atom is -0.394 e. The summed E-state index contributed by atoms with van der Waals surface area (Å²) in [5, 5.41) is 26.1. The molecule has 0 amide bonds. The van der Waals surface area contributed by atoms with Crippen molar-refractivity contribution in [2.45, 2.75) is 18.3 Å². The van der Waals surface area contributed by atoms with Crippen molar-refractivity contribution in [3.8, 4) is 6.07 Å². The van der Waals surface area contributed by atoms with E-state index in [4.69, 9.17) is 20.2 Å². The molecule has 0 aromatic heterocycles. The first-order valence-electron chi connectivity index (χ1n) is 3.30. The number of nitrogens with zero attached hydrogens (tertiary/aromatic N) is 1. The number of rotatable bonds is 1. The van der Waals surface area contributed by atoms with Gasteiger partial charge in [-0.15, -0.1) is 0 Å². The van der Waals surface area contributed by atoms with Gasteiger partial charge >= 0.3 is 0 Å². The van der Waals surface area contributed by atoms with Gasteiger partial charge in [0, 0.05) is 0 Å². The van der Waals surface area contributed by atoms with Gasteiger partial charge in [0.2, 0.25) is 0 Å². The lowest BCUT2D eigenvalue weighted by Crippen LogP contribution is -2.37. The van der Waals surface area contributed by atoms with Crippen molar-refractivity contribution in [2.75, 3.05) is 6.61 Å². The van der Waals surface area contributed by atoms with Crippen LogP contribution in [0.4, 0.5) is 0 Å². The lowest BCUT2D eigenvalue weighted by molar-refractivity contribution is -0.0634. The Morgan fingerprint density at radius 3 is 2.82 bits per heavy atom. The molecule has 0 saturated heterocycles. The molecule has 1 rings (SSSR count). The fourth-order valence-electron chi connectivity index (χ4n) is 0.877. The van der Waals surface area contributed by atoms with Gasteiger partial charge in [-0.1, -0.05) is 6.08 Å². The summed E-state index contributed by atoms with van der Waals surface area (Å²) >= 11 is 0. The molecule has 60 valence electrons. The monoisotopic (exact) mass is 155 g/mol. The second kappa shape index (κ2) is 3.49. The Bertz CT molecular complexity index is 196. The third kappa shape index (κ3) is 1.77. The Hall–Kier alpha value is -0.890. The van der Waals surface area contributed by atoms with E-state index in [1.807, 2.05) is 6.07 Å². The van der Waals surface area contributed by atoms with Crippen LogP contribution in [0.2, 0.25) is 0 Å². The Morgan fingerprint density at radius 2 is 2.27 bits per heavy atom. The number of hydrogen-bond donors (Lipinski definition) is 2. The maximum Gasteiger partial charge on any atom is 0.162 e. The summed E-state index contributed by atoms with van der Waals surface area (Å²) in [4.78, 5) is 0. The maximum atomic E-state index is 9.10. The highest BCUT2D eigenvalue weighted by Gasteiger charge is 2.24. The minimum absolute atomic E-state index is 0.274. The third-order valence-electron chi connectivity index (χ3n) is 1.49. The first-order chi connectivity index (χ1) is 5.27. The quantitative estimate of drug-likeness (QED) is 0.485. The van der Waals surface area contributed by atoms with Gasteiger partial charge in [0.25, 0.3) is 0 Å². The van der Waals surface area contributed by atoms with Crippen LogP contribution in [-0.2, 0) is 4.74 Å². The highest BCUT2D eigenvalue weighted by atomic mass is 16.5. The summed E-state index contributed by atoms with van der Waals surface area (Å²) in [7, 11) is 0. The van der Waals surface area contributed by atoms with E-state index in [2.05, 4.69) is 0 Å². The number of aliphatic hydroxyl groups is 2. The van der Waals surface area contributed by atoms with Gasteiger partial charge < -0.3 is 14.9 Å². The molecule has 0 bridgehead atoms. The molecular formula is C7H9NO3. The average Bonchev–Trinajstić information content (AvgIpc) is 2.05. The van der Waals surface area contributed by atoms with Gasteiger partial charge in [0.05, 0.1) is 12.7 Å².